The highest BCUT2D eigenvalue weighted by Gasteiger charge is 2.30. The highest BCUT2D eigenvalue weighted by Crippen LogP contribution is 2.32. The first-order chi connectivity index (χ1) is 15.4. The van der Waals surface area contributed by atoms with Gasteiger partial charge >= 0.3 is 6.18 Å². The number of amides is 1. The van der Waals surface area contributed by atoms with Gasteiger partial charge in [0.05, 0.1) is 15.5 Å². The topological polar surface area (TPSA) is 84.5 Å². The normalized spacial score (nSPS) is 11.7. The molecule has 6 nitrogen and oxygen atoms in total. The van der Waals surface area contributed by atoms with Crippen molar-refractivity contribution in [3.8, 4) is 5.75 Å². The minimum Gasteiger partial charge on any atom is -0.482 e. The Labute approximate surface area is 200 Å². The van der Waals surface area contributed by atoms with E-state index in [4.69, 9.17) is 16.3 Å². The smallest absolute Gasteiger partial charge is 0.416 e. The Bertz CT molecular complexity index is 1270. The highest BCUT2D eigenvalue weighted by atomic mass is 79.9. The first kappa shape index (κ1) is 24.9. The fourth-order valence-electron chi connectivity index (χ4n) is 2.61. The van der Waals surface area contributed by atoms with E-state index in [2.05, 4.69) is 26.0 Å². The molecule has 2 N–H and O–H groups in total. The molecule has 0 radical (unpaired) electrons. The second kappa shape index (κ2) is 10.0. The fraction of sp³-hybridized carbons (Fsp3) is 0.0952. The quantitative estimate of drug-likeness (QED) is 0.373. The molecule has 0 aliphatic heterocycles. The minimum atomic E-state index is -4.62. The van der Waals surface area contributed by atoms with Gasteiger partial charge in [-0.15, -0.1) is 0 Å². The molecule has 12 heteroatoms. The van der Waals surface area contributed by atoms with Gasteiger partial charge in [0.15, 0.2) is 6.61 Å². The third kappa shape index (κ3) is 6.86. The van der Waals surface area contributed by atoms with Crippen molar-refractivity contribution in [2.24, 2.45) is 0 Å². The molecule has 0 saturated carbocycles. The Kier molecular flexibility index (Phi) is 7.55. The van der Waals surface area contributed by atoms with E-state index in [9.17, 15) is 26.4 Å². The standard InChI is InChI=1S/C21H15BrClF3N2O4S/c22-14-4-6-15(7-5-14)27-20(29)12-32-19-9-8-17(11-18(19)23)33(30,31)28-16-3-1-2-13(10-16)21(24,25)26/h1-11,28H,12H2,(H,27,29). The maximum Gasteiger partial charge on any atom is 0.416 e. The Morgan fingerprint density at radius 1 is 1.00 bits per heavy atom. The largest absolute Gasteiger partial charge is 0.482 e. The van der Waals surface area contributed by atoms with Crippen molar-refractivity contribution < 1.29 is 31.1 Å². The summed E-state index contributed by atoms with van der Waals surface area (Å²) in [5, 5.41) is 2.52. The predicted molar refractivity (Wildman–Crippen MR) is 122 cm³/mol. The second-order valence-electron chi connectivity index (χ2n) is 6.62. The number of halogens is 5. The molecule has 0 aromatic heterocycles. The second-order valence-corrected chi connectivity index (χ2v) is 9.63. The van der Waals surface area contributed by atoms with Gasteiger partial charge in [-0.3, -0.25) is 9.52 Å². The van der Waals surface area contributed by atoms with Crippen LogP contribution in [0.5, 0.6) is 5.75 Å². The van der Waals surface area contributed by atoms with Crippen molar-refractivity contribution in [3.05, 3.63) is 81.8 Å². The van der Waals surface area contributed by atoms with Gasteiger partial charge < -0.3 is 10.1 Å². The van der Waals surface area contributed by atoms with Crippen molar-refractivity contribution in [2.45, 2.75) is 11.1 Å². The molecule has 174 valence electrons. The van der Waals surface area contributed by atoms with Gasteiger partial charge in [-0.05, 0) is 60.7 Å². The molecule has 0 aliphatic carbocycles. The number of anilines is 2. The van der Waals surface area contributed by atoms with E-state index in [1.54, 1.807) is 24.3 Å². The SMILES string of the molecule is O=C(COc1ccc(S(=O)(=O)Nc2cccc(C(F)(F)F)c2)cc1Cl)Nc1ccc(Br)cc1. The number of sulfonamides is 1. The number of hydrogen-bond acceptors (Lipinski definition) is 4. The van der Waals surface area contributed by atoms with Gasteiger partial charge in [-0.25, -0.2) is 8.42 Å². The number of ether oxygens (including phenoxy) is 1. The molecular weight excluding hydrogens is 549 g/mol. The van der Waals surface area contributed by atoms with Crippen molar-refractivity contribution >= 4 is 54.8 Å². The zero-order valence-electron chi connectivity index (χ0n) is 16.5. The molecule has 3 rings (SSSR count). The van der Waals surface area contributed by atoms with Crippen LogP contribution >= 0.6 is 27.5 Å². The summed E-state index contributed by atoms with van der Waals surface area (Å²) in [5.41, 5.74) is -0.697. The predicted octanol–water partition coefficient (Wildman–Crippen LogP) is 5.94. The molecule has 0 aliphatic rings. The summed E-state index contributed by atoms with van der Waals surface area (Å²) in [6.07, 6.45) is -4.62. The van der Waals surface area contributed by atoms with Gasteiger partial charge in [-0.2, -0.15) is 13.2 Å². The van der Waals surface area contributed by atoms with Crippen LogP contribution in [-0.4, -0.2) is 20.9 Å². The van der Waals surface area contributed by atoms with Crippen LogP contribution in [0, 0.1) is 0 Å². The lowest BCUT2D eigenvalue weighted by Gasteiger charge is -2.13. The minimum absolute atomic E-state index is 0.0561. The number of alkyl halides is 3. The molecule has 0 fully saturated rings. The molecular formula is C21H15BrClF3N2O4S. The summed E-state index contributed by atoms with van der Waals surface area (Å²) >= 11 is 9.37. The molecule has 0 bridgehead atoms. The summed E-state index contributed by atoms with van der Waals surface area (Å²) in [7, 11) is -4.23. The number of rotatable bonds is 7. The molecule has 3 aromatic carbocycles. The van der Waals surface area contributed by atoms with Gasteiger partial charge in [0, 0.05) is 15.8 Å². The maximum absolute atomic E-state index is 12.8. The number of carbonyl (C=O) groups is 1. The van der Waals surface area contributed by atoms with E-state index in [1.807, 2.05) is 0 Å². The summed E-state index contributed by atoms with van der Waals surface area (Å²) in [4.78, 5) is 11.7. The maximum atomic E-state index is 12.8. The molecule has 0 heterocycles. The third-order valence-electron chi connectivity index (χ3n) is 4.14. The van der Waals surface area contributed by atoms with Crippen molar-refractivity contribution in [1.29, 1.82) is 0 Å². The zero-order chi connectivity index (χ0) is 24.2. The van der Waals surface area contributed by atoms with Crippen molar-refractivity contribution in [3.63, 3.8) is 0 Å². The van der Waals surface area contributed by atoms with E-state index < -0.39 is 27.7 Å². The monoisotopic (exact) mass is 562 g/mol. The lowest BCUT2D eigenvalue weighted by molar-refractivity contribution is -0.137. The van der Waals surface area contributed by atoms with Crippen LogP contribution in [-0.2, 0) is 21.0 Å². The Morgan fingerprint density at radius 2 is 1.70 bits per heavy atom. The van der Waals surface area contributed by atoms with Gasteiger partial charge in [-0.1, -0.05) is 33.6 Å². The van der Waals surface area contributed by atoms with Gasteiger partial charge in [0.1, 0.15) is 5.75 Å². The number of carbonyl (C=O) groups excluding carboxylic acids is 1. The summed E-state index contributed by atoms with van der Waals surface area (Å²) in [6, 6.07) is 14.1. The van der Waals surface area contributed by atoms with Crippen LogP contribution in [0.2, 0.25) is 5.02 Å². The van der Waals surface area contributed by atoms with Crippen LogP contribution in [0.3, 0.4) is 0 Å². The van der Waals surface area contributed by atoms with Crippen molar-refractivity contribution in [1.82, 2.24) is 0 Å². The lowest BCUT2D eigenvalue weighted by Crippen LogP contribution is -2.20. The van der Waals surface area contributed by atoms with E-state index in [0.717, 1.165) is 28.7 Å². The van der Waals surface area contributed by atoms with Gasteiger partial charge in [0.2, 0.25) is 0 Å². The molecule has 0 atom stereocenters. The van der Waals surface area contributed by atoms with Crippen LogP contribution in [0.4, 0.5) is 24.5 Å². The molecule has 33 heavy (non-hydrogen) atoms. The first-order valence-electron chi connectivity index (χ1n) is 9.12. The Balaban J connectivity index is 1.66. The molecule has 0 saturated heterocycles. The molecule has 0 spiro atoms. The highest BCUT2D eigenvalue weighted by molar-refractivity contribution is 9.10. The van der Waals surface area contributed by atoms with Crippen LogP contribution in [0.25, 0.3) is 0 Å². The first-order valence-corrected chi connectivity index (χ1v) is 11.8. The molecule has 1 amide bonds. The third-order valence-corrected chi connectivity index (χ3v) is 6.35. The van der Waals surface area contributed by atoms with Crippen LogP contribution in [0.1, 0.15) is 5.56 Å². The fourth-order valence-corrected chi connectivity index (χ4v) is 4.25. The average Bonchev–Trinajstić information content (AvgIpc) is 2.74. The van der Waals surface area contributed by atoms with Crippen molar-refractivity contribution in [2.75, 3.05) is 16.6 Å². The van der Waals surface area contributed by atoms with E-state index >= 15 is 0 Å². The summed E-state index contributed by atoms with van der Waals surface area (Å²) in [6.45, 7) is -0.385. The van der Waals surface area contributed by atoms with Gasteiger partial charge in [0.25, 0.3) is 15.9 Å². The average molecular weight is 564 g/mol. The molecule has 3 aromatic rings. The lowest BCUT2D eigenvalue weighted by atomic mass is 10.2. The van der Waals surface area contributed by atoms with E-state index in [-0.39, 0.29) is 28.0 Å². The van der Waals surface area contributed by atoms with E-state index in [0.29, 0.717) is 11.8 Å². The number of benzene rings is 3. The number of hydrogen-bond donors (Lipinski definition) is 2. The van der Waals surface area contributed by atoms with Crippen LogP contribution in [0.15, 0.2) is 76.1 Å². The van der Waals surface area contributed by atoms with Crippen LogP contribution < -0.4 is 14.8 Å². The number of nitrogens with one attached hydrogen (secondary N) is 2. The zero-order valence-corrected chi connectivity index (χ0v) is 19.6. The Morgan fingerprint density at radius 3 is 2.33 bits per heavy atom. The molecule has 0 unspecified atom stereocenters. The summed E-state index contributed by atoms with van der Waals surface area (Å²) in [5.74, 6) is -0.406. The van der Waals surface area contributed by atoms with E-state index in [1.165, 1.54) is 12.1 Å². The Hall–Kier alpha value is -2.76. The summed E-state index contributed by atoms with van der Waals surface area (Å²) < 4.78 is 71.9.